The summed E-state index contributed by atoms with van der Waals surface area (Å²) in [4.78, 5) is 6.90. The highest BCUT2D eigenvalue weighted by atomic mass is 32.1. The van der Waals surface area contributed by atoms with Crippen LogP contribution >= 0.6 is 22.7 Å². The summed E-state index contributed by atoms with van der Waals surface area (Å²) in [6, 6.07) is 12.4. The van der Waals surface area contributed by atoms with Crippen LogP contribution in [0.3, 0.4) is 0 Å². The number of thiophene rings is 1. The molecular formula is C17H16N2OS2. The highest BCUT2D eigenvalue weighted by Gasteiger charge is 2.30. The van der Waals surface area contributed by atoms with Gasteiger partial charge >= 0.3 is 0 Å². The number of rotatable bonds is 4. The molecule has 0 bridgehead atoms. The molecule has 2 N–H and O–H groups in total. The second kappa shape index (κ2) is 5.93. The molecule has 0 saturated heterocycles. The van der Waals surface area contributed by atoms with Gasteiger partial charge in [0.05, 0.1) is 17.0 Å². The lowest BCUT2D eigenvalue weighted by molar-refractivity contribution is 0.141. The zero-order valence-electron chi connectivity index (χ0n) is 11.9. The van der Waals surface area contributed by atoms with Gasteiger partial charge in [0.2, 0.25) is 0 Å². The van der Waals surface area contributed by atoms with E-state index in [-0.39, 0.29) is 12.1 Å². The minimum atomic E-state index is -0.345. The van der Waals surface area contributed by atoms with Gasteiger partial charge in [0, 0.05) is 24.0 Å². The Balaban J connectivity index is 1.47. The Morgan fingerprint density at radius 3 is 3.00 bits per heavy atom. The van der Waals surface area contributed by atoms with Crippen LogP contribution in [0, 0.1) is 0 Å². The lowest BCUT2D eigenvalue weighted by atomic mass is 10.1. The van der Waals surface area contributed by atoms with Crippen molar-refractivity contribution in [2.24, 2.45) is 0 Å². The average molecular weight is 328 g/mol. The Morgan fingerprint density at radius 2 is 2.14 bits per heavy atom. The summed E-state index contributed by atoms with van der Waals surface area (Å²) in [6.45, 7) is 0.735. The first-order chi connectivity index (χ1) is 10.8. The molecule has 22 heavy (non-hydrogen) atoms. The zero-order valence-corrected chi connectivity index (χ0v) is 13.5. The summed E-state index contributed by atoms with van der Waals surface area (Å²) >= 11 is 3.42. The molecule has 2 heterocycles. The van der Waals surface area contributed by atoms with Gasteiger partial charge in [-0.3, -0.25) is 0 Å². The third-order valence-corrected chi connectivity index (χ3v) is 6.02. The number of nitrogens with one attached hydrogen (secondary N) is 1. The van der Waals surface area contributed by atoms with E-state index in [1.54, 1.807) is 22.7 Å². The van der Waals surface area contributed by atoms with E-state index < -0.39 is 0 Å². The SMILES string of the molecule is O[C@H]1Cc2ccccc2[C@H]1NCc1cnc(-c2cccs2)s1. The maximum atomic E-state index is 10.3. The Kier molecular flexibility index (Phi) is 3.80. The minimum absolute atomic E-state index is 0.0171. The third-order valence-electron chi connectivity index (χ3n) is 3.99. The molecule has 1 aliphatic rings. The fourth-order valence-corrected chi connectivity index (χ4v) is 4.60. The Morgan fingerprint density at radius 1 is 1.23 bits per heavy atom. The summed E-state index contributed by atoms with van der Waals surface area (Å²) in [7, 11) is 0. The third kappa shape index (κ3) is 2.61. The molecule has 0 spiro atoms. The first kappa shape index (κ1) is 14.1. The van der Waals surface area contributed by atoms with Crippen molar-refractivity contribution < 1.29 is 5.11 Å². The molecule has 1 aliphatic carbocycles. The number of aliphatic hydroxyl groups is 1. The summed E-state index contributed by atoms with van der Waals surface area (Å²) in [6.07, 6.45) is 2.32. The molecular weight excluding hydrogens is 312 g/mol. The fraction of sp³-hybridized carbons (Fsp3) is 0.235. The fourth-order valence-electron chi connectivity index (χ4n) is 2.93. The van der Waals surface area contributed by atoms with Gasteiger partial charge in [0.1, 0.15) is 5.01 Å². The first-order valence-electron chi connectivity index (χ1n) is 7.29. The average Bonchev–Trinajstić information content (AvgIpc) is 3.24. The molecule has 0 unspecified atom stereocenters. The van der Waals surface area contributed by atoms with Crippen LogP contribution in [-0.2, 0) is 13.0 Å². The van der Waals surface area contributed by atoms with Crippen molar-refractivity contribution in [3.8, 4) is 9.88 Å². The molecule has 2 atom stereocenters. The Bertz CT molecular complexity index is 767. The number of nitrogens with zero attached hydrogens (tertiary/aromatic N) is 1. The van der Waals surface area contributed by atoms with Crippen LogP contribution in [-0.4, -0.2) is 16.2 Å². The zero-order chi connectivity index (χ0) is 14.9. The highest BCUT2D eigenvalue weighted by molar-refractivity contribution is 7.20. The van der Waals surface area contributed by atoms with Gasteiger partial charge in [-0.2, -0.15) is 0 Å². The first-order valence-corrected chi connectivity index (χ1v) is 8.99. The second-order valence-corrected chi connectivity index (χ2v) is 7.50. The summed E-state index contributed by atoms with van der Waals surface area (Å²) in [5.41, 5.74) is 2.47. The van der Waals surface area contributed by atoms with Gasteiger partial charge in [-0.05, 0) is 22.6 Å². The van der Waals surface area contributed by atoms with Crippen molar-refractivity contribution in [1.29, 1.82) is 0 Å². The summed E-state index contributed by atoms with van der Waals surface area (Å²) in [5, 5.41) is 16.9. The maximum absolute atomic E-state index is 10.3. The lowest BCUT2D eigenvalue weighted by Crippen LogP contribution is -2.28. The predicted molar refractivity (Wildman–Crippen MR) is 91.2 cm³/mol. The smallest absolute Gasteiger partial charge is 0.133 e. The van der Waals surface area contributed by atoms with Crippen molar-refractivity contribution in [3.05, 3.63) is 64.0 Å². The number of hydrogen-bond donors (Lipinski definition) is 2. The van der Waals surface area contributed by atoms with Crippen LogP contribution < -0.4 is 5.32 Å². The van der Waals surface area contributed by atoms with E-state index in [0.29, 0.717) is 0 Å². The number of benzene rings is 1. The number of fused-ring (bicyclic) bond motifs is 1. The van der Waals surface area contributed by atoms with E-state index in [1.807, 2.05) is 24.4 Å². The van der Waals surface area contributed by atoms with Gasteiger partial charge in [-0.15, -0.1) is 22.7 Å². The monoisotopic (exact) mass is 328 g/mol. The molecule has 0 amide bonds. The van der Waals surface area contributed by atoms with Gasteiger partial charge in [0.15, 0.2) is 0 Å². The molecule has 112 valence electrons. The van der Waals surface area contributed by atoms with Crippen LogP contribution in [0.25, 0.3) is 9.88 Å². The molecule has 0 aliphatic heterocycles. The van der Waals surface area contributed by atoms with Crippen molar-refractivity contribution >= 4 is 22.7 Å². The summed E-state index contributed by atoms with van der Waals surface area (Å²) < 4.78 is 0. The van der Waals surface area contributed by atoms with E-state index in [0.717, 1.165) is 18.0 Å². The summed E-state index contributed by atoms with van der Waals surface area (Å²) in [5.74, 6) is 0. The number of thiazole rings is 1. The molecule has 3 nitrogen and oxygen atoms in total. The normalized spacial score (nSPS) is 20.2. The quantitative estimate of drug-likeness (QED) is 0.769. The number of aromatic nitrogens is 1. The largest absolute Gasteiger partial charge is 0.391 e. The van der Waals surface area contributed by atoms with Crippen LogP contribution in [0.2, 0.25) is 0 Å². The molecule has 3 aromatic rings. The Labute approximate surface area is 137 Å². The van der Waals surface area contributed by atoms with E-state index in [1.165, 1.54) is 20.9 Å². The molecule has 0 saturated carbocycles. The standard InChI is InChI=1S/C17H16N2OS2/c20-14-8-11-4-1-2-5-13(11)16(14)18-9-12-10-19-17(22-12)15-6-3-7-21-15/h1-7,10,14,16,18,20H,8-9H2/t14-,16+/m0/s1. The second-order valence-electron chi connectivity index (χ2n) is 5.44. The highest BCUT2D eigenvalue weighted by Crippen LogP contribution is 2.33. The van der Waals surface area contributed by atoms with Gasteiger partial charge in [0.25, 0.3) is 0 Å². The lowest BCUT2D eigenvalue weighted by Gasteiger charge is -2.17. The Hall–Kier alpha value is -1.53. The van der Waals surface area contributed by atoms with Crippen molar-refractivity contribution in [2.45, 2.75) is 25.1 Å². The van der Waals surface area contributed by atoms with Crippen LogP contribution in [0.5, 0.6) is 0 Å². The van der Waals surface area contributed by atoms with Crippen molar-refractivity contribution in [1.82, 2.24) is 10.3 Å². The van der Waals surface area contributed by atoms with Crippen LogP contribution in [0.15, 0.2) is 48.0 Å². The van der Waals surface area contributed by atoms with Crippen molar-refractivity contribution in [2.75, 3.05) is 0 Å². The molecule has 0 radical (unpaired) electrons. The maximum Gasteiger partial charge on any atom is 0.133 e. The van der Waals surface area contributed by atoms with Gasteiger partial charge in [-0.25, -0.2) is 4.98 Å². The van der Waals surface area contributed by atoms with E-state index in [4.69, 9.17) is 0 Å². The van der Waals surface area contributed by atoms with Crippen LogP contribution in [0.4, 0.5) is 0 Å². The molecule has 2 aromatic heterocycles. The van der Waals surface area contributed by atoms with E-state index >= 15 is 0 Å². The molecule has 0 fully saturated rings. The number of hydrogen-bond acceptors (Lipinski definition) is 5. The van der Waals surface area contributed by atoms with E-state index in [2.05, 4.69) is 33.9 Å². The molecule has 1 aromatic carbocycles. The number of aliphatic hydroxyl groups excluding tert-OH is 1. The predicted octanol–water partition coefficient (Wildman–Crippen LogP) is 3.62. The van der Waals surface area contributed by atoms with Gasteiger partial charge < -0.3 is 10.4 Å². The van der Waals surface area contributed by atoms with Gasteiger partial charge in [-0.1, -0.05) is 30.3 Å². The van der Waals surface area contributed by atoms with E-state index in [9.17, 15) is 5.11 Å². The molecule has 4 rings (SSSR count). The molecule has 5 heteroatoms. The topological polar surface area (TPSA) is 45.1 Å². The van der Waals surface area contributed by atoms with Crippen molar-refractivity contribution in [3.63, 3.8) is 0 Å². The minimum Gasteiger partial charge on any atom is -0.391 e. The van der Waals surface area contributed by atoms with Crippen LogP contribution in [0.1, 0.15) is 22.0 Å².